The number of rotatable bonds is 6. The largest absolute Gasteiger partial charge is 0.455 e. The minimum absolute atomic E-state index is 0.0139. The van der Waals surface area contributed by atoms with Crippen molar-refractivity contribution in [3.05, 3.63) is 53.2 Å². The third kappa shape index (κ3) is 4.17. The van der Waals surface area contributed by atoms with E-state index < -0.39 is 29.2 Å². The van der Waals surface area contributed by atoms with Crippen LogP contribution in [-0.2, 0) is 6.54 Å². The van der Waals surface area contributed by atoms with Gasteiger partial charge >= 0.3 is 0 Å². The van der Waals surface area contributed by atoms with Crippen LogP contribution in [0.1, 0.15) is 33.3 Å². The summed E-state index contributed by atoms with van der Waals surface area (Å²) in [7, 11) is 4.09. The van der Waals surface area contributed by atoms with Gasteiger partial charge in [-0.2, -0.15) is 0 Å². The van der Waals surface area contributed by atoms with E-state index in [2.05, 4.69) is 15.1 Å². The zero-order valence-electron chi connectivity index (χ0n) is 17.1. The van der Waals surface area contributed by atoms with Gasteiger partial charge in [-0.3, -0.25) is 14.5 Å². The van der Waals surface area contributed by atoms with E-state index in [1.54, 1.807) is 6.07 Å². The van der Waals surface area contributed by atoms with Crippen LogP contribution in [0.5, 0.6) is 0 Å². The first-order valence-electron chi connectivity index (χ1n) is 9.73. The van der Waals surface area contributed by atoms with Crippen molar-refractivity contribution in [3.63, 3.8) is 0 Å². The molecule has 1 saturated heterocycles. The van der Waals surface area contributed by atoms with E-state index in [0.717, 1.165) is 25.6 Å². The number of amides is 2. The molecule has 3 aromatic rings. The van der Waals surface area contributed by atoms with E-state index in [1.807, 2.05) is 14.1 Å². The van der Waals surface area contributed by atoms with Crippen LogP contribution in [-0.4, -0.2) is 54.8 Å². The van der Waals surface area contributed by atoms with Crippen molar-refractivity contribution < 1.29 is 27.2 Å². The quantitative estimate of drug-likeness (QED) is 0.621. The molecule has 3 N–H and O–H groups in total. The maximum absolute atomic E-state index is 14.0. The SMILES string of the molecule is CN(C)[C@@H]1CCN(Cc2ccc(C(=O)Nc3c(C(N)=O)oc4c(F)cc(F)cc34)o2)C1. The van der Waals surface area contributed by atoms with Crippen molar-refractivity contribution in [2.45, 2.75) is 19.0 Å². The summed E-state index contributed by atoms with van der Waals surface area (Å²) in [6.07, 6.45) is 1.05. The molecule has 1 atom stereocenters. The Labute approximate surface area is 176 Å². The van der Waals surface area contributed by atoms with Gasteiger partial charge in [0.05, 0.1) is 11.9 Å². The Morgan fingerprint density at radius 1 is 1.26 bits per heavy atom. The number of likely N-dealkylation sites (N-methyl/N-ethyl adjacent to an activating group) is 1. The summed E-state index contributed by atoms with van der Waals surface area (Å²) in [4.78, 5) is 28.8. The van der Waals surface area contributed by atoms with Crippen molar-refractivity contribution in [3.8, 4) is 0 Å². The molecule has 2 aromatic heterocycles. The van der Waals surface area contributed by atoms with Gasteiger partial charge in [0.1, 0.15) is 17.3 Å². The fourth-order valence-corrected chi connectivity index (χ4v) is 3.78. The first-order valence-corrected chi connectivity index (χ1v) is 9.73. The molecule has 1 aliphatic heterocycles. The van der Waals surface area contributed by atoms with Crippen LogP contribution in [0.2, 0.25) is 0 Å². The number of furan rings is 2. The number of nitrogens with two attached hydrogens (primary N) is 1. The maximum Gasteiger partial charge on any atom is 0.291 e. The zero-order chi connectivity index (χ0) is 22.3. The summed E-state index contributed by atoms with van der Waals surface area (Å²) in [5.41, 5.74) is 4.69. The molecule has 1 aromatic carbocycles. The third-order valence-corrected chi connectivity index (χ3v) is 5.41. The number of nitrogens with one attached hydrogen (secondary N) is 1. The zero-order valence-corrected chi connectivity index (χ0v) is 17.1. The van der Waals surface area contributed by atoms with E-state index in [9.17, 15) is 18.4 Å². The maximum atomic E-state index is 14.0. The summed E-state index contributed by atoms with van der Waals surface area (Å²) < 4.78 is 38.5. The lowest BCUT2D eigenvalue weighted by atomic mass is 10.2. The molecule has 10 heteroatoms. The summed E-state index contributed by atoms with van der Waals surface area (Å²) in [6, 6.07) is 5.23. The van der Waals surface area contributed by atoms with Crippen LogP contribution in [0.3, 0.4) is 0 Å². The van der Waals surface area contributed by atoms with Gasteiger partial charge in [-0.15, -0.1) is 0 Å². The number of nitrogens with zero attached hydrogens (tertiary/aromatic N) is 2. The molecule has 1 aliphatic rings. The van der Waals surface area contributed by atoms with Crippen molar-refractivity contribution >= 4 is 28.5 Å². The van der Waals surface area contributed by atoms with E-state index in [0.29, 0.717) is 24.4 Å². The first kappa shape index (κ1) is 21.0. The smallest absolute Gasteiger partial charge is 0.291 e. The molecule has 8 nitrogen and oxygen atoms in total. The molecule has 0 saturated carbocycles. The Morgan fingerprint density at radius 3 is 2.71 bits per heavy atom. The molecule has 3 heterocycles. The summed E-state index contributed by atoms with van der Waals surface area (Å²) in [5, 5.41) is 2.32. The fraction of sp³-hybridized carbons (Fsp3) is 0.333. The lowest BCUT2D eigenvalue weighted by molar-refractivity contribution is 0.0976. The number of fused-ring (bicyclic) bond motifs is 1. The number of primary amides is 1. The van der Waals surface area contributed by atoms with Gasteiger partial charge in [0.15, 0.2) is 17.2 Å². The molecule has 0 aliphatic carbocycles. The average molecular weight is 432 g/mol. The molecule has 0 bridgehead atoms. The standard InChI is InChI=1S/C21H22F2N4O4/c1-26(2)12-5-6-27(9-12)10-13-3-4-16(30-13)21(29)25-17-14-7-11(22)8-15(23)18(14)31-19(17)20(24)28/h3-4,7-8,12H,5-6,9-10H2,1-2H3,(H2,24,28)(H,25,29)/t12-/m1/s1. The van der Waals surface area contributed by atoms with Crippen molar-refractivity contribution in [1.29, 1.82) is 0 Å². The van der Waals surface area contributed by atoms with Crippen molar-refractivity contribution in [1.82, 2.24) is 9.80 Å². The second kappa shape index (κ2) is 8.12. The molecular weight excluding hydrogens is 410 g/mol. The van der Waals surface area contributed by atoms with Crippen molar-refractivity contribution in [2.75, 3.05) is 32.5 Å². The molecule has 0 radical (unpaired) electrons. The third-order valence-electron chi connectivity index (χ3n) is 5.41. The van der Waals surface area contributed by atoms with Gasteiger partial charge in [0.25, 0.3) is 11.8 Å². The summed E-state index contributed by atoms with van der Waals surface area (Å²) >= 11 is 0. The highest BCUT2D eigenvalue weighted by atomic mass is 19.1. The van der Waals surface area contributed by atoms with E-state index in [-0.39, 0.29) is 22.4 Å². The molecular formula is C21H22F2N4O4. The van der Waals surface area contributed by atoms with Gasteiger partial charge in [-0.05, 0) is 38.7 Å². The van der Waals surface area contributed by atoms with E-state index in [1.165, 1.54) is 6.07 Å². The Hall–Kier alpha value is -3.24. The normalized spacial score (nSPS) is 17.0. The predicted molar refractivity (Wildman–Crippen MR) is 109 cm³/mol. The highest BCUT2D eigenvalue weighted by Gasteiger charge is 2.26. The number of halogens is 2. The lowest BCUT2D eigenvalue weighted by Gasteiger charge is -2.19. The first-order chi connectivity index (χ1) is 14.7. The molecule has 4 rings (SSSR count). The molecule has 2 amide bonds. The van der Waals surface area contributed by atoms with E-state index in [4.69, 9.17) is 14.6 Å². The second-order valence-corrected chi connectivity index (χ2v) is 7.80. The number of benzene rings is 1. The average Bonchev–Trinajstić information content (AvgIpc) is 3.41. The monoisotopic (exact) mass is 432 g/mol. The topological polar surface area (TPSA) is 105 Å². The Morgan fingerprint density at radius 2 is 2.03 bits per heavy atom. The van der Waals surface area contributed by atoms with Crippen LogP contribution in [0.15, 0.2) is 33.1 Å². The van der Waals surface area contributed by atoms with Crippen LogP contribution >= 0.6 is 0 Å². The molecule has 31 heavy (non-hydrogen) atoms. The van der Waals surface area contributed by atoms with Crippen LogP contribution in [0, 0.1) is 11.6 Å². The Bertz CT molecular complexity index is 1150. The molecule has 0 unspecified atom stereocenters. The minimum atomic E-state index is -1.03. The molecule has 1 fully saturated rings. The number of carbonyl (C=O) groups is 2. The summed E-state index contributed by atoms with van der Waals surface area (Å²) in [6.45, 7) is 2.37. The van der Waals surface area contributed by atoms with Crippen LogP contribution < -0.4 is 11.1 Å². The highest BCUT2D eigenvalue weighted by Crippen LogP contribution is 2.33. The minimum Gasteiger partial charge on any atom is -0.455 e. The van der Waals surface area contributed by atoms with Gasteiger partial charge in [-0.25, -0.2) is 8.78 Å². The number of hydrogen-bond acceptors (Lipinski definition) is 6. The summed E-state index contributed by atoms with van der Waals surface area (Å²) in [5.74, 6) is -3.52. The highest BCUT2D eigenvalue weighted by molar-refractivity contribution is 6.13. The number of anilines is 1. The molecule has 164 valence electrons. The predicted octanol–water partition coefficient (Wildman–Crippen LogP) is 2.79. The number of likely N-dealkylation sites (tertiary alicyclic amines) is 1. The second-order valence-electron chi connectivity index (χ2n) is 7.80. The Kier molecular flexibility index (Phi) is 5.50. The number of hydrogen-bond donors (Lipinski definition) is 2. The number of carbonyl (C=O) groups excluding carboxylic acids is 2. The van der Waals surface area contributed by atoms with Crippen LogP contribution in [0.25, 0.3) is 11.0 Å². The van der Waals surface area contributed by atoms with Gasteiger partial charge in [-0.1, -0.05) is 0 Å². The van der Waals surface area contributed by atoms with Crippen molar-refractivity contribution in [2.24, 2.45) is 5.73 Å². The van der Waals surface area contributed by atoms with Gasteiger partial charge in [0.2, 0.25) is 5.76 Å². The van der Waals surface area contributed by atoms with Gasteiger partial charge < -0.3 is 24.8 Å². The lowest BCUT2D eigenvalue weighted by Crippen LogP contribution is -2.31. The Balaban J connectivity index is 1.54. The van der Waals surface area contributed by atoms with Gasteiger partial charge in [0, 0.05) is 25.2 Å². The van der Waals surface area contributed by atoms with E-state index >= 15 is 0 Å². The fourth-order valence-electron chi connectivity index (χ4n) is 3.78. The molecule has 0 spiro atoms. The van der Waals surface area contributed by atoms with Crippen LogP contribution in [0.4, 0.5) is 14.5 Å².